The number of aliphatic hydroxyl groups excluding tert-OH is 2. The zero-order chi connectivity index (χ0) is 19.5. The summed E-state index contributed by atoms with van der Waals surface area (Å²) < 4.78 is 0. The van der Waals surface area contributed by atoms with E-state index in [1.54, 1.807) is 12.4 Å². The Morgan fingerprint density at radius 2 is 1.93 bits per heavy atom. The van der Waals surface area contributed by atoms with Crippen molar-refractivity contribution in [3.05, 3.63) is 59.9 Å². The predicted molar refractivity (Wildman–Crippen MR) is 109 cm³/mol. The number of β-amino-alcohol motifs (C(OH)–C–C–N with tert-alkyl or cyclic N) is 1. The minimum Gasteiger partial charge on any atom is -0.396 e. The van der Waals surface area contributed by atoms with Crippen LogP contribution in [0, 0.1) is 5.92 Å². The largest absolute Gasteiger partial charge is 0.396 e. The molecule has 0 aliphatic carbocycles. The minimum atomic E-state index is -0.588. The number of anilines is 1. The lowest BCUT2D eigenvalue weighted by molar-refractivity contribution is 0.0546. The van der Waals surface area contributed by atoms with Crippen LogP contribution >= 0.6 is 11.6 Å². The van der Waals surface area contributed by atoms with Crippen LogP contribution in [-0.4, -0.2) is 51.0 Å². The maximum absolute atomic E-state index is 10.3. The van der Waals surface area contributed by atoms with Crippen molar-refractivity contribution in [1.82, 2.24) is 15.0 Å². The van der Waals surface area contributed by atoms with Gasteiger partial charge in [-0.3, -0.25) is 4.98 Å². The number of hydrogen-bond donors (Lipinski definition) is 2. The zero-order valence-corrected chi connectivity index (χ0v) is 16.0. The second kappa shape index (κ2) is 8.22. The molecule has 6 nitrogen and oxygen atoms in total. The summed E-state index contributed by atoms with van der Waals surface area (Å²) in [7, 11) is 0. The van der Waals surface area contributed by atoms with Crippen molar-refractivity contribution in [2.75, 3.05) is 24.6 Å². The molecular weight excluding hydrogens is 376 g/mol. The molecule has 3 heterocycles. The lowest BCUT2D eigenvalue weighted by Crippen LogP contribution is -2.45. The van der Waals surface area contributed by atoms with Gasteiger partial charge in [-0.2, -0.15) is 0 Å². The van der Waals surface area contributed by atoms with Crippen LogP contribution < -0.4 is 4.90 Å². The number of aromatic nitrogens is 3. The Bertz CT molecular complexity index is 937. The van der Waals surface area contributed by atoms with E-state index in [4.69, 9.17) is 21.6 Å². The maximum atomic E-state index is 10.3. The SMILES string of the molecule is OC[C@@H]1CCN(c2cc(-c3ccc(Cl)cc3)nc(-c3cccnc3)n2)C[C@H]1O. The standard InChI is InChI=1S/C21H21ClN4O2/c22-17-5-3-14(4-6-17)18-10-20(26-9-7-16(13-27)19(28)12-26)25-21(24-18)15-2-1-8-23-11-15/h1-6,8,10-11,16,19,27-28H,7,9,12-13H2/t16-,19+/m0/s1. The van der Waals surface area contributed by atoms with Crippen LogP contribution in [0.1, 0.15) is 6.42 Å². The van der Waals surface area contributed by atoms with Crippen LogP contribution in [0.3, 0.4) is 0 Å². The Labute approximate surface area is 168 Å². The van der Waals surface area contributed by atoms with E-state index in [1.807, 2.05) is 47.4 Å². The number of aliphatic hydroxyl groups is 2. The molecular formula is C21H21ClN4O2. The molecule has 2 atom stereocenters. The van der Waals surface area contributed by atoms with E-state index in [2.05, 4.69) is 4.98 Å². The Balaban J connectivity index is 1.75. The topological polar surface area (TPSA) is 82.4 Å². The fraction of sp³-hybridized carbons (Fsp3) is 0.286. The summed E-state index contributed by atoms with van der Waals surface area (Å²) in [5.41, 5.74) is 2.54. The van der Waals surface area contributed by atoms with Gasteiger partial charge < -0.3 is 15.1 Å². The van der Waals surface area contributed by atoms with Gasteiger partial charge in [-0.1, -0.05) is 23.7 Å². The fourth-order valence-electron chi connectivity index (χ4n) is 3.39. The Morgan fingerprint density at radius 1 is 1.11 bits per heavy atom. The Kier molecular flexibility index (Phi) is 5.52. The molecule has 4 rings (SSSR count). The van der Waals surface area contributed by atoms with Gasteiger partial charge in [0, 0.05) is 60.2 Å². The van der Waals surface area contributed by atoms with Gasteiger partial charge >= 0.3 is 0 Å². The summed E-state index contributed by atoms with van der Waals surface area (Å²) in [6.45, 7) is 1.14. The summed E-state index contributed by atoms with van der Waals surface area (Å²) in [5, 5.41) is 20.4. The molecule has 3 aromatic rings. The van der Waals surface area contributed by atoms with E-state index >= 15 is 0 Å². The molecule has 0 saturated carbocycles. The average molecular weight is 397 g/mol. The number of hydrogen-bond acceptors (Lipinski definition) is 6. The van der Waals surface area contributed by atoms with E-state index in [-0.39, 0.29) is 12.5 Å². The lowest BCUT2D eigenvalue weighted by Gasteiger charge is -2.36. The van der Waals surface area contributed by atoms with E-state index in [0.29, 0.717) is 30.4 Å². The maximum Gasteiger partial charge on any atom is 0.163 e. The lowest BCUT2D eigenvalue weighted by atomic mass is 9.95. The molecule has 144 valence electrons. The first-order chi connectivity index (χ1) is 13.6. The van der Waals surface area contributed by atoms with Crippen LogP contribution in [0.4, 0.5) is 5.82 Å². The van der Waals surface area contributed by atoms with Crippen LogP contribution in [0.2, 0.25) is 5.02 Å². The molecule has 1 aliphatic rings. The molecule has 2 aromatic heterocycles. The average Bonchev–Trinajstić information content (AvgIpc) is 2.74. The number of benzene rings is 1. The van der Waals surface area contributed by atoms with Crippen LogP contribution in [0.5, 0.6) is 0 Å². The van der Waals surface area contributed by atoms with Gasteiger partial charge in [-0.25, -0.2) is 9.97 Å². The van der Waals surface area contributed by atoms with Gasteiger partial charge in [-0.15, -0.1) is 0 Å². The first-order valence-corrected chi connectivity index (χ1v) is 9.61. The third-order valence-corrected chi connectivity index (χ3v) is 5.30. The van der Waals surface area contributed by atoms with Crippen LogP contribution in [0.15, 0.2) is 54.9 Å². The first-order valence-electron chi connectivity index (χ1n) is 9.23. The molecule has 2 N–H and O–H groups in total. The van der Waals surface area contributed by atoms with Gasteiger partial charge in [0.25, 0.3) is 0 Å². The number of piperidine rings is 1. The molecule has 1 fully saturated rings. The van der Waals surface area contributed by atoms with Crippen molar-refractivity contribution in [2.24, 2.45) is 5.92 Å². The number of rotatable bonds is 4. The first kappa shape index (κ1) is 18.8. The molecule has 7 heteroatoms. The van der Waals surface area contributed by atoms with Crippen molar-refractivity contribution >= 4 is 17.4 Å². The number of halogens is 1. The van der Waals surface area contributed by atoms with Gasteiger partial charge in [0.2, 0.25) is 0 Å². The molecule has 1 aliphatic heterocycles. The third kappa shape index (κ3) is 3.99. The van der Waals surface area contributed by atoms with Crippen LogP contribution in [-0.2, 0) is 0 Å². The van der Waals surface area contributed by atoms with Gasteiger partial charge in [0.1, 0.15) is 5.82 Å². The van der Waals surface area contributed by atoms with E-state index in [0.717, 1.165) is 22.6 Å². The molecule has 0 radical (unpaired) electrons. The minimum absolute atomic E-state index is 0.00423. The molecule has 1 aromatic carbocycles. The highest BCUT2D eigenvalue weighted by molar-refractivity contribution is 6.30. The van der Waals surface area contributed by atoms with Crippen molar-refractivity contribution in [2.45, 2.75) is 12.5 Å². The summed E-state index contributed by atoms with van der Waals surface area (Å²) >= 11 is 6.03. The fourth-order valence-corrected chi connectivity index (χ4v) is 3.52. The van der Waals surface area contributed by atoms with E-state index in [1.165, 1.54) is 0 Å². The number of pyridine rings is 1. The van der Waals surface area contributed by atoms with Crippen molar-refractivity contribution < 1.29 is 10.2 Å². The smallest absolute Gasteiger partial charge is 0.163 e. The monoisotopic (exact) mass is 396 g/mol. The Morgan fingerprint density at radius 3 is 2.61 bits per heavy atom. The van der Waals surface area contributed by atoms with Crippen molar-refractivity contribution in [3.63, 3.8) is 0 Å². The quantitative estimate of drug-likeness (QED) is 0.705. The van der Waals surface area contributed by atoms with Gasteiger partial charge in [0.05, 0.1) is 11.8 Å². The normalized spacial score (nSPS) is 19.6. The molecule has 0 amide bonds. The molecule has 0 spiro atoms. The van der Waals surface area contributed by atoms with Gasteiger partial charge in [0.15, 0.2) is 5.82 Å². The van der Waals surface area contributed by atoms with Crippen molar-refractivity contribution in [1.29, 1.82) is 0 Å². The van der Waals surface area contributed by atoms with Crippen LogP contribution in [0.25, 0.3) is 22.6 Å². The molecule has 28 heavy (non-hydrogen) atoms. The number of nitrogens with zero attached hydrogens (tertiary/aromatic N) is 4. The summed E-state index contributed by atoms with van der Waals surface area (Å²) in [5.74, 6) is 1.23. The van der Waals surface area contributed by atoms with Gasteiger partial charge in [-0.05, 0) is 30.7 Å². The Hall–Kier alpha value is -2.54. The van der Waals surface area contributed by atoms with E-state index < -0.39 is 6.10 Å². The van der Waals surface area contributed by atoms with E-state index in [9.17, 15) is 10.2 Å². The highest BCUT2D eigenvalue weighted by Crippen LogP contribution is 2.29. The predicted octanol–water partition coefficient (Wildman–Crippen LogP) is 3.04. The zero-order valence-electron chi connectivity index (χ0n) is 15.2. The van der Waals surface area contributed by atoms with Crippen molar-refractivity contribution in [3.8, 4) is 22.6 Å². The second-order valence-corrected chi connectivity index (χ2v) is 7.36. The highest BCUT2D eigenvalue weighted by atomic mass is 35.5. The molecule has 0 bridgehead atoms. The summed E-state index contributed by atoms with van der Waals surface area (Å²) in [6, 6.07) is 13.2. The second-order valence-electron chi connectivity index (χ2n) is 6.93. The molecule has 0 unspecified atom stereocenters. The summed E-state index contributed by atoms with van der Waals surface area (Å²) in [6.07, 6.45) is 3.57. The summed E-state index contributed by atoms with van der Waals surface area (Å²) in [4.78, 5) is 15.7. The third-order valence-electron chi connectivity index (χ3n) is 5.05. The molecule has 1 saturated heterocycles. The highest BCUT2D eigenvalue weighted by Gasteiger charge is 2.28.